The first kappa shape index (κ1) is 21.5. The number of aromatic nitrogens is 3. The molecule has 1 aliphatic heterocycles. The lowest BCUT2D eigenvalue weighted by Gasteiger charge is -2.23. The van der Waals surface area contributed by atoms with Crippen LogP contribution < -0.4 is 10.1 Å². The van der Waals surface area contributed by atoms with Crippen LogP contribution >= 0.6 is 24.0 Å². The highest BCUT2D eigenvalue weighted by atomic mass is 127. The number of fused-ring (bicyclic) bond motifs is 1. The zero-order chi connectivity index (χ0) is 18.4. The van der Waals surface area contributed by atoms with Gasteiger partial charge in [0.15, 0.2) is 11.8 Å². The third-order valence-corrected chi connectivity index (χ3v) is 4.60. The summed E-state index contributed by atoms with van der Waals surface area (Å²) in [6, 6.07) is 8.07. The molecule has 7 nitrogen and oxygen atoms in total. The van der Waals surface area contributed by atoms with Crippen molar-refractivity contribution in [2.24, 2.45) is 4.99 Å². The zero-order valence-corrected chi connectivity index (χ0v) is 18.6. The Morgan fingerprint density at radius 2 is 2.11 bits per heavy atom. The Labute approximate surface area is 178 Å². The molecule has 0 saturated heterocycles. The minimum absolute atomic E-state index is 0. The Hall–Kier alpha value is -1.84. The maximum atomic E-state index is 5.46. The number of hydrogen-bond acceptors (Lipinski definition) is 4. The van der Waals surface area contributed by atoms with E-state index in [9.17, 15) is 0 Å². The summed E-state index contributed by atoms with van der Waals surface area (Å²) < 4.78 is 7.68. The first-order chi connectivity index (χ1) is 12.7. The van der Waals surface area contributed by atoms with Crippen LogP contribution in [-0.4, -0.2) is 46.3 Å². The van der Waals surface area contributed by atoms with Crippen LogP contribution in [0.25, 0.3) is 0 Å². The van der Waals surface area contributed by atoms with E-state index in [0.717, 1.165) is 48.4 Å². The lowest BCUT2D eigenvalue weighted by Crippen LogP contribution is -2.38. The van der Waals surface area contributed by atoms with Crippen LogP contribution in [-0.2, 0) is 26.1 Å². The van der Waals surface area contributed by atoms with Gasteiger partial charge in [0, 0.05) is 38.7 Å². The van der Waals surface area contributed by atoms with Gasteiger partial charge in [-0.25, -0.2) is 4.99 Å². The van der Waals surface area contributed by atoms with Gasteiger partial charge in [-0.05, 0) is 25.8 Å². The molecule has 1 aromatic heterocycles. The number of rotatable bonds is 6. The van der Waals surface area contributed by atoms with E-state index in [1.807, 2.05) is 25.2 Å². The van der Waals surface area contributed by atoms with Gasteiger partial charge in [-0.1, -0.05) is 18.2 Å². The van der Waals surface area contributed by atoms with Gasteiger partial charge in [-0.3, -0.25) is 0 Å². The Balaban J connectivity index is 0.00000261. The average molecular weight is 484 g/mol. The summed E-state index contributed by atoms with van der Waals surface area (Å²) in [7, 11) is 3.74. The zero-order valence-electron chi connectivity index (χ0n) is 16.3. The van der Waals surface area contributed by atoms with E-state index in [4.69, 9.17) is 9.73 Å². The molecule has 0 spiro atoms. The highest BCUT2D eigenvalue weighted by Crippen LogP contribution is 2.19. The van der Waals surface area contributed by atoms with E-state index >= 15 is 0 Å². The summed E-state index contributed by atoms with van der Waals surface area (Å²) in [6.07, 6.45) is 3.41. The van der Waals surface area contributed by atoms with E-state index in [1.165, 1.54) is 12.8 Å². The molecule has 2 heterocycles. The smallest absolute Gasteiger partial charge is 0.194 e. The molecule has 0 unspecified atom stereocenters. The van der Waals surface area contributed by atoms with E-state index in [1.54, 1.807) is 7.11 Å². The Morgan fingerprint density at radius 1 is 1.30 bits per heavy atom. The largest absolute Gasteiger partial charge is 0.496 e. The van der Waals surface area contributed by atoms with Crippen molar-refractivity contribution in [3.8, 4) is 5.75 Å². The van der Waals surface area contributed by atoms with Gasteiger partial charge in [-0.15, -0.1) is 34.2 Å². The number of ether oxygens (including phenoxy) is 1. The maximum Gasteiger partial charge on any atom is 0.194 e. The van der Waals surface area contributed by atoms with Crippen LogP contribution in [0.1, 0.15) is 37.0 Å². The molecule has 0 amide bonds. The third kappa shape index (κ3) is 5.33. The van der Waals surface area contributed by atoms with E-state index in [-0.39, 0.29) is 24.0 Å². The van der Waals surface area contributed by atoms with Gasteiger partial charge in [-0.2, -0.15) is 0 Å². The number of nitrogens with zero attached hydrogens (tertiary/aromatic N) is 5. The molecule has 1 N–H and O–H groups in total. The number of nitrogens with one attached hydrogen (secondary N) is 1. The van der Waals surface area contributed by atoms with Crippen molar-refractivity contribution in [3.05, 3.63) is 41.5 Å². The number of guanidine groups is 1. The van der Waals surface area contributed by atoms with Crippen LogP contribution in [0.2, 0.25) is 0 Å². The molecular formula is C19H29IN6O. The second-order valence-electron chi connectivity index (χ2n) is 6.48. The molecule has 1 aromatic carbocycles. The van der Waals surface area contributed by atoms with Crippen LogP contribution in [0.3, 0.4) is 0 Å². The molecule has 8 heteroatoms. The number of benzene rings is 1. The number of hydrogen-bond donors (Lipinski definition) is 1. The fraction of sp³-hybridized carbons (Fsp3) is 0.526. The van der Waals surface area contributed by atoms with Gasteiger partial charge in [0.05, 0.1) is 7.11 Å². The molecule has 27 heavy (non-hydrogen) atoms. The minimum Gasteiger partial charge on any atom is -0.496 e. The van der Waals surface area contributed by atoms with Crippen molar-refractivity contribution in [3.63, 3.8) is 0 Å². The molecule has 148 valence electrons. The summed E-state index contributed by atoms with van der Waals surface area (Å²) in [5, 5.41) is 12.0. The van der Waals surface area contributed by atoms with Crippen molar-refractivity contribution in [1.29, 1.82) is 0 Å². The minimum atomic E-state index is 0. The summed E-state index contributed by atoms with van der Waals surface area (Å²) in [6.45, 7) is 5.14. The number of methoxy groups -OCH3 is 1. The summed E-state index contributed by atoms with van der Waals surface area (Å²) in [5.74, 6) is 3.78. The lowest BCUT2D eigenvalue weighted by molar-refractivity contribution is 0.396. The lowest BCUT2D eigenvalue weighted by atomic mass is 10.2. The Bertz CT molecular complexity index is 760. The molecule has 0 bridgehead atoms. The molecule has 1 aliphatic rings. The quantitative estimate of drug-likeness (QED) is 0.388. The van der Waals surface area contributed by atoms with Gasteiger partial charge >= 0.3 is 0 Å². The van der Waals surface area contributed by atoms with Crippen molar-refractivity contribution in [2.75, 3.05) is 20.7 Å². The van der Waals surface area contributed by atoms with Gasteiger partial charge in [0.1, 0.15) is 18.1 Å². The molecule has 3 rings (SSSR count). The first-order valence-corrected chi connectivity index (χ1v) is 9.25. The summed E-state index contributed by atoms with van der Waals surface area (Å²) >= 11 is 0. The summed E-state index contributed by atoms with van der Waals surface area (Å²) in [5.41, 5.74) is 1.13. The Morgan fingerprint density at radius 3 is 2.89 bits per heavy atom. The fourth-order valence-electron chi connectivity index (χ4n) is 3.26. The van der Waals surface area contributed by atoms with Crippen molar-refractivity contribution < 1.29 is 4.74 Å². The summed E-state index contributed by atoms with van der Waals surface area (Å²) in [4.78, 5) is 6.89. The molecule has 2 aromatic rings. The predicted octanol–water partition coefficient (Wildman–Crippen LogP) is 2.84. The van der Waals surface area contributed by atoms with E-state index in [0.29, 0.717) is 13.1 Å². The second kappa shape index (κ2) is 10.5. The van der Waals surface area contributed by atoms with Gasteiger partial charge in [0.25, 0.3) is 0 Å². The van der Waals surface area contributed by atoms with Crippen molar-refractivity contribution in [1.82, 2.24) is 25.0 Å². The second-order valence-corrected chi connectivity index (χ2v) is 6.48. The molecular weight excluding hydrogens is 455 g/mol. The topological polar surface area (TPSA) is 67.6 Å². The number of halogens is 1. The standard InChI is InChI=1S/C19H28N6O.HI/c1-4-20-19(24(2)14-15-9-5-6-10-16(15)26-3)21-13-18-23-22-17-11-7-8-12-25(17)18;/h5-6,9-10H,4,7-8,11-14H2,1-3H3,(H,20,21);1H. The van der Waals surface area contributed by atoms with E-state index < -0.39 is 0 Å². The van der Waals surface area contributed by atoms with Crippen LogP contribution in [0.4, 0.5) is 0 Å². The highest BCUT2D eigenvalue weighted by Gasteiger charge is 2.16. The highest BCUT2D eigenvalue weighted by molar-refractivity contribution is 14.0. The first-order valence-electron chi connectivity index (χ1n) is 9.25. The molecule has 0 aliphatic carbocycles. The monoisotopic (exact) mass is 484 g/mol. The number of aliphatic imine (C=N–C) groups is 1. The normalized spacial score (nSPS) is 13.5. The van der Waals surface area contributed by atoms with Gasteiger partial charge < -0.3 is 19.5 Å². The Kier molecular flexibility index (Phi) is 8.33. The molecule has 0 atom stereocenters. The fourth-order valence-corrected chi connectivity index (χ4v) is 3.26. The molecule has 0 saturated carbocycles. The van der Waals surface area contributed by atoms with Crippen molar-refractivity contribution >= 4 is 29.9 Å². The predicted molar refractivity (Wildman–Crippen MR) is 118 cm³/mol. The van der Waals surface area contributed by atoms with Crippen LogP contribution in [0.15, 0.2) is 29.3 Å². The average Bonchev–Trinajstić information content (AvgIpc) is 3.08. The SMILES string of the molecule is CCNC(=NCc1nnc2n1CCCC2)N(C)Cc1ccccc1OC.I. The third-order valence-electron chi connectivity index (χ3n) is 4.60. The van der Waals surface area contributed by atoms with Crippen LogP contribution in [0.5, 0.6) is 5.75 Å². The number of para-hydroxylation sites is 1. The molecule has 0 fully saturated rings. The van der Waals surface area contributed by atoms with E-state index in [2.05, 4.69) is 38.0 Å². The van der Waals surface area contributed by atoms with Gasteiger partial charge in [0.2, 0.25) is 0 Å². The maximum absolute atomic E-state index is 5.46. The number of aryl methyl sites for hydroxylation is 1. The molecule has 0 radical (unpaired) electrons. The van der Waals surface area contributed by atoms with Crippen molar-refractivity contribution in [2.45, 2.75) is 45.8 Å². The van der Waals surface area contributed by atoms with Crippen LogP contribution in [0, 0.1) is 0 Å².